The van der Waals surface area contributed by atoms with E-state index in [1.54, 1.807) is 0 Å². The third-order valence-corrected chi connectivity index (χ3v) is 1.53. The number of carbonyl (C=O) groups is 2. The molecule has 1 heterocycles. The number of aliphatic carboxylic acids is 2. The van der Waals surface area contributed by atoms with E-state index in [1.165, 1.54) is 12.3 Å². The lowest BCUT2D eigenvalue weighted by Crippen LogP contribution is -2.28. The Bertz CT molecular complexity index is 422. The summed E-state index contributed by atoms with van der Waals surface area (Å²) in [6, 6.07) is 2.51. The van der Waals surface area contributed by atoms with E-state index in [0.717, 1.165) is 6.07 Å². The number of carboxylic acid groups (broad SMARTS) is 2. The molecule has 0 amide bonds. The molecule has 0 atom stereocenters. The molecule has 0 unspecified atom stereocenters. The van der Waals surface area contributed by atoms with Crippen molar-refractivity contribution in [2.45, 2.75) is 0 Å². The molecule has 0 spiro atoms. The summed E-state index contributed by atoms with van der Waals surface area (Å²) < 4.78 is 0. The number of carboxylic acids is 2. The van der Waals surface area contributed by atoms with Crippen molar-refractivity contribution in [3.8, 4) is 5.75 Å². The molecular weight excluding hydrogens is 202 g/mol. The van der Waals surface area contributed by atoms with Gasteiger partial charge in [-0.25, -0.2) is 4.79 Å². The minimum atomic E-state index is -1.87. The van der Waals surface area contributed by atoms with Gasteiger partial charge in [-0.15, -0.1) is 0 Å². The predicted octanol–water partition coefficient (Wildman–Crippen LogP) is -1.63. The standard InChI is InChI=1S/C9H7NO5/c11-7-2-1-3-10-6(7)4-5(8(12)13)9(14)15/h1-4,11H,(H,12,13)(H,14,15)/p-2. The van der Waals surface area contributed by atoms with Crippen molar-refractivity contribution in [2.24, 2.45) is 0 Å². The molecule has 0 bridgehead atoms. The van der Waals surface area contributed by atoms with Crippen LogP contribution in [0.5, 0.6) is 5.75 Å². The first kappa shape index (κ1) is 10.7. The van der Waals surface area contributed by atoms with Crippen molar-refractivity contribution in [1.82, 2.24) is 4.98 Å². The third-order valence-electron chi connectivity index (χ3n) is 1.53. The summed E-state index contributed by atoms with van der Waals surface area (Å²) in [5.41, 5.74) is -1.26. The molecule has 6 nitrogen and oxygen atoms in total. The fraction of sp³-hybridized carbons (Fsp3) is 0. The first-order chi connectivity index (χ1) is 7.02. The van der Waals surface area contributed by atoms with Crippen LogP contribution in [0.25, 0.3) is 6.08 Å². The number of hydrogen-bond acceptors (Lipinski definition) is 5. The maximum absolute atomic E-state index is 11.1. The van der Waals surface area contributed by atoms with Crippen LogP contribution in [0, 0.1) is 0 Å². The van der Waals surface area contributed by atoms with Crippen LogP contribution in [-0.4, -0.2) is 22.0 Å². The molecule has 1 N–H and O–H groups in total. The van der Waals surface area contributed by atoms with Gasteiger partial charge < -0.3 is 20.1 Å². The van der Waals surface area contributed by atoms with E-state index in [1.807, 2.05) is 0 Å². The largest absolute Gasteiger partial charge is 0.871 e. The van der Waals surface area contributed by atoms with Crippen molar-refractivity contribution in [3.63, 3.8) is 0 Å². The second-order valence-corrected chi connectivity index (χ2v) is 2.54. The molecule has 0 saturated heterocycles. The number of nitrogens with zero attached hydrogens (tertiary/aromatic N) is 1. The number of pyridine rings is 1. The van der Waals surface area contributed by atoms with Crippen molar-refractivity contribution < 1.29 is 24.9 Å². The van der Waals surface area contributed by atoms with Crippen LogP contribution in [0.4, 0.5) is 0 Å². The molecule has 0 aliphatic rings. The van der Waals surface area contributed by atoms with Crippen LogP contribution >= 0.6 is 0 Å². The Labute approximate surface area is 84.1 Å². The van der Waals surface area contributed by atoms with E-state index in [0.29, 0.717) is 6.08 Å². The average Bonchev–Trinajstić information content (AvgIpc) is 2.15. The summed E-state index contributed by atoms with van der Waals surface area (Å²) in [7, 11) is 0. The molecule has 1 aromatic heterocycles. The van der Waals surface area contributed by atoms with E-state index in [9.17, 15) is 19.8 Å². The lowest BCUT2D eigenvalue weighted by molar-refractivity contribution is -0.298. The molecule has 78 valence electrons. The minimum absolute atomic E-state index is 0.251. The molecule has 1 aromatic rings. The summed E-state index contributed by atoms with van der Waals surface area (Å²) in [5, 5.41) is 29.9. The quantitative estimate of drug-likeness (QED) is 0.361. The zero-order valence-corrected chi connectivity index (χ0v) is 7.34. The first-order valence-corrected chi connectivity index (χ1v) is 3.80. The number of rotatable bonds is 3. The Morgan fingerprint density at radius 2 is 2.13 bits per heavy atom. The van der Waals surface area contributed by atoms with Crippen LogP contribution < -0.4 is 10.2 Å². The first-order valence-electron chi connectivity index (χ1n) is 3.80. The van der Waals surface area contributed by atoms with Gasteiger partial charge in [-0.2, -0.15) is 0 Å². The van der Waals surface area contributed by atoms with Gasteiger partial charge in [0.2, 0.25) is 0 Å². The lowest BCUT2D eigenvalue weighted by atomic mass is 10.2. The Balaban J connectivity index is 3.19. The lowest BCUT2D eigenvalue weighted by Gasteiger charge is -2.09. The Kier molecular flexibility index (Phi) is 3.02. The molecule has 6 heteroatoms. The predicted molar refractivity (Wildman–Crippen MR) is 44.3 cm³/mol. The second kappa shape index (κ2) is 4.23. The third kappa shape index (κ3) is 2.53. The smallest absolute Gasteiger partial charge is 0.337 e. The molecule has 0 fully saturated rings. The van der Waals surface area contributed by atoms with E-state index >= 15 is 0 Å². The monoisotopic (exact) mass is 207 g/mol. The van der Waals surface area contributed by atoms with Crippen molar-refractivity contribution in [1.29, 1.82) is 0 Å². The number of aromatic nitrogens is 1. The summed E-state index contributed by atoms with van der Waals surface area (Å²) in [6.07, 6.45) is 1.92. The molecule has 1 rings (SSSR count). The number of hydrogen-bond donors (Lipinski definition) is 1. The van der Waals surface area contributed by atoms with Crippen LogP contribution in [-0.2, 0) is 9.59 Å². The van der Waals surface area contributed by atoms with Gasteiger partial charge in [0.1, 0.15) is 0 Å². The maximum atomic E-state index is 11.1. The van der Waals surface area contributed by atoms with Gasteiger partial charge in [0.25, 0.3) is 0 Å². The normalized spacial score (nSPS) is 11.1. The fourth-order valence-electron chi connectivity index (χ4n) is 0.856. The molecule has 0 saturated carbocycles. The highest BCUT2D eigenvalue weighted by Crippen LogP contribution is 2.13. The Hall–Kier alpha value is -2.37. The second-order valence-electron chi connectivity index (χ2n) is 2.54. The highest BCUT2D eigenvalue weighted by Gasteiger charge is 2.08. The van der Waals surface area contributed by atoms with E-state index in [-0.39, 0.29) is 5.69 Å². The van der Waals surface area contributed by atoms with Gasteiger partial charge in [-0.3, -0.25) is 4.98 Å². The summed E-state index contributed by atoms with van der Waals surface area (Å²) in [6.45, 7) is 0. The van der Waals surface area contributed by atoms with E-state index in [4.69, 9.17) is 5.11 Å². The van der Waals surface area contributed by atoms with Crippen molar-refractivity contribution in [3.05, 3.63) is 29.6 Å². The van der Waals surface area contributed by atoms with Crippen LogP contribution in [0.15, 0.2) is 23.9 Å². The zero-order chi connectivity index (χ0) is 11.4. The Morgan fingerprint density at radius 1 is 1.47 bits per heavy atom. The summed E-state index contributed by atoms with van der Waals surface area (Å²) in [5.74, 6) is -4.11. The minimum Gasteiger partial charge on any atom is -0.871 e. The SMILES string of the molecule is O=C([O-])C(=Cc1ncccc1[O-])C(=O)O. The highest BCUT2D eigenvalue weighted by atomic mass is 16.4. The summed E-state index contributed by atoms with van der Waals surface area (Å²) >= 11 is 0. The molecule has 0 radical (unpaired) electrons. The van der Waals surface area contributed by atoms with E-state index < -0.39 is 23.3 Å². The molecular formula is C9H5NO5-2. The average molecular weight is 207 g/mol. The van der Waals surface area contributed by atoms with Gasteiger partial charge in [0.05, 0.1) is 17.2 Å². The van der Waals surface area contributed by atoms with Gasteiger partial charge in [0.15, 0.2) is 0 Å². The van der Waals surface area contributed by atoms with Gasteiger partial charge >= 0.3 is 5.97 Å². The van der Waals surface area contributed by atoms with Crippen LogP contribution in [0.2, 0.25) is 0 Å². The molecule has 0 aliphatic heterocycles. The Morgan fingerprint density at radius 3 is 2.60 bits per heavy atom. The fourth-order valence-corrected chi connectivity index (χ4v) is 0.856. The van der Waals surface area contributed by atoms with Crippen molar-refractivity contribution in [2.75, 3.05) is 0 Å². The number of carbonyl (C=O) groups excluding carboxylic acids is 1. The zero-order valence-electron chi connectivity index (χ0n) is 7.34. The van der Waals surface area contributed by atoms with Crippen LogP contribution in [0.3, 0.4) is 0 Å². The van der Waals surface area contributed by atoms with Gasteiger partial charge in [-0.1, -0.05) is 11.8 Å². The molecule has 15 heavy (non-hydrogen) atoms. The van der Waals surface area contributed by atoms with Crippen molar-refractivity contribution >= 4 is 18.0 Å². The topological polar surface area (TPSA) is 113 Å². The summed E-state index contributed by atoms with van der Waals surface area (Å²) in [4.78, 5) is 24.3. The molecule has 0 aromatic carbocycles. The highest BCUT2D eigenvalue weighted by molar-refractivity contribution is 6.15. The van der Waals surface area contributed by atoms with Gasteiger partial charge in [0, 0.05) is 6.20 Å². The van der Waals surface area contributed by atoms with Crippen LogP contribution in [0.1, 0.15) is 5.69 Å². The maximum Gasteiger partial charge on any atom is 0.337 e. The van der Waals surface area contributed by atoms with Gasteiger partial charge in [-0.05, 0) is 12.1 Å². The van der Waals surface area contributed by atoms with E-state index in [2.05, 4.69) is 4.98 Å². The molecule has 0 aliphatic carbocycles.